The number of carbonyl (C=O) groups excluding carboxylic acids is 2. The van der Waals surface area contributed by atoms with Gasteiger partial charge in [-0.15, -0.1) is 4.90 Å². The second-order valence-electron chi connectivity index (χ2n) is 2.98. The summed E-state index contributed by atoms with van der Waals surface area (Å²) in [6.45, 7) is 0. The van der Waals surface area contributed by atoms with Crippen LogP contribution in [0.4, 0.5) is 15.4 Å². The van der Waals surface area contributed by atoms with E-state index in [1.807, 2.05) is 0 Å². The fourth-order valence-corrected chi connectivity index (χ4v) is 1.37. The van der Waals surface area contributed by atoms with E-state index in [0.717, 1.165) is 4.90 Å². The number of quaternary nitrogens is 1. The molecular formula is C7H7ClN4O4. The third-order valence-corrected chi connectivity index (χ3v) is 2.13. The molecule has 3 N–H and O–H groups in total. The van der Waals surface area contributed by atoms with Crippen molar-refractivity contribution in [3.8, 4) is 0 Å². The van der Waals surface area contributed by atoms with Crippen LogP contribution >= 0.6 is 0 Å². The lowest BCUT2D eigenvalue weighted by Gasteiger charge is -2.21. The van der Waals surface area contributed by atoms with E-state index in [1.165, 1.54) is 13.4 Å². The molecule has 8 nitrogen and oxygen atoms in total. The highest BCUT2D eigenvalue weighted by molar-refractivity contribution is 6.07. The van der Waals surface area contributed by atoms with Gasteiger partial charge in [0.05, 0.1) is 6.33 Å². The molecule has 0 aromatic carbocycles. The minimum Gasteiger partial charge on any atom is -1.00 e. The van der Waals surface area contributed by atoms with Gasteiger partial charge in [0, 0.05) is 7.05 Å². The SMILES string of the molecule is CN1C(=O)c2nc[nH]c2[NH+](C(=O)O)C1=O.[Cl-]. The number of nitrogens with zero attached hydrogens (tertiary/aromatic N) is 2. The van der Waals surface area contributed by atoms with Gasteiger partial charge in [0.15, 0.2) is 0 Å². The molecule has 0 radical (unpaired) electrons. The van der Waals surface area contributed by atoms with Gasteiger partial charge in [-0.3, -0.25) is 9.78 Å². The average molecular weight is 247 g/mol. The Morgan fingerprint density at radius 1 is 1.56 bits per heavy atom. The number of imidazole rings is 1. The maximum Gasteiger partial charge on any atom is 0.527 e. The second-order valence-corrected chi connectivity index (χ2v) is 2.98. The van der Waals surface area contributed by atoms with Crippen LogP contribution in [-0.4, -0.2) is 45.1 Å². The molecule has 1 aromatic rings. The zero-order chi connectivity index (χ0) is 11.2. The Kier molecular flexibility index (Phi) is 2.97. The first-order chi connectivity index (χ1) is 7.04. The first-order valence-corrected chi connectivity index (χ1v) is 4.00. The summed E-state index contributed by atoms with van der Waals surface area (Å²) in [7, 11) is 1.21. The van der Waals surface area contributed by atoms with E-state index in [1.54, 1.807) is 0 Å². The van der Waals surface area contributed by atoms with E-state index in [-0.39, 0.29) is 23.9 Å². The van der Waals surface area contributed by atoms with Crippen molar-refractivity contribution in [1.29, 1.82) is 0 Å². The molecule has 1 aliphatic heterocycles. The van der Waals surface area contributed by atoms with E-state index in [2.05, 4.69) is 9.97 Å². The van der Waals surface area contributed by atoms with Crippen LogP contribution in [0.3, 0.4) is 0 Å². The van der Waals surface area contributed by atoms with Crippen LogP contribution in [0.5, 0.6) is 0 Å². The molecule has 0 fully saturated rings. The average Bonchev–Trinajstić information content (AvgIpc) is 2.62. The summed E-state index contributed by atoms with van der Waals surface area (Å²) in [5.74, 6) is -0.642. The molecule has 0 spiro atoms. The molecule has 4 amide bonds. The molecule has 1 atom stereocenters. The van der Waals surface area contributed by atoms with E-state index in [0.29, 0.717) is 0 Å². The van der Waals surface area contributed by atoms with Crippen LogP contribution in [0.2, 0.25) is 0 Å². The third kappa shape index (κ3) is 1.44. The topological polar surface area (TPSA) is 108 Å². The number of fused-ring (bicyclic) bond motifs is 1. The van der Waals surface area contributed by atoms with Crippen LogP contribution in [0, 0.1) is 0 Å². The van der Waals surface area contributed by atoms with Crippen LogP contribution < -0.4 is 17.3 Å². The summed E-state index contributed by atoms with van der Waals surface area (Å²) in [6, 6.07) is -0.843. The van der Waals surface area contributed by atoms with Gasteiger partial charge < -0.3 is 17.5 Å². The molecule has 2 rings (SSSR count). The first kappa shape index (κ1) is 12.1. The van der Waals surface area contributed by atoms with Crippen LogP contribution in [0.15, 0.2) is 6.33 Å². The van der Waals surface area contributed by atoms with Gasteiger partial charge in [-0.2, -0.15) is 4.79 Å². The normalized spacial score (nSPS) is 19.1. The molecule has 0 aliphatic carbocycles. The van der Waals surface area contributed by atoms with Gasteiger partial charge in [-0.05, 0) is 0 Å². The van der Waals surface area contributed by atoms with Crippen molar-refractivity contribution in [2.75, 3.05) is 7.05 Å². The summed E-state index contributed by atoms with van der Waals surface area (Å²) >= 11 is 0. The quantitative estimate of drug-likeness (QED) is 0.430. The Balaban J connectivity index is 0.00000128. The minimum absolute atomic E-state index is 0. The number of rotatable bonds is 0. The van der Waals surface area contributed by atoms with Gasteiger partial charge in [0.1, 0.15) is 0 Å². The van der Waals surface area contributed by atoms with E-state index >= 15 is 0 Å². The third-order valence-electron chi connectivity index (χ3n) is 2.13. The van der Waals surface area contributed by atoms with Crippen LogP contribution in [-0.2, 0) is 0 Å². The number of hydrogen-bond acceptors (Lipinski definition) is 4. The highest BCUT2D eigenvalue weighted by Gasteiger charge is 2.46. The Morgan fingerprint density at radius 3 is 2.75 bits per heavy atom. The van der Waals surface area contributed by atoms with Gasteiger partial charge in [-0.25, -0.2) is 14.7 Å². The van der Waals surface area contributed by atoms with Crippen molar-refractivity contribution < 1.29 is 36.8 Å². The molecule has 1 unspecified atom stereocenters. The standard InChI is InChI=1S/C7H6N4O4.ClH/c1-10-5(12)3-4(9-2-8-3)11(6(10)13)7(14)15;/h2H,1H3,(H,8,9)(H,14,15);1H. The Hall–Kier alpha value is -1.93. The van der Waals surface area contributed by atoms with Crippen molar-refractivity contribution in [2.45, 2.75) is 0 Å². The van der Waals surface area contributed by atoms with Crippen molar-refractivity contribution in [3.05, 3.63) is 12.0 Å². The number of urea groups is 1. The lowest BCUT2D eigenvalue weighted by atomic mass is 10.3. The fraction of sp³-hybridized carbons (Fsp3) is 0.143. The van der Waals surface area contributed by atoms with Gasteiger partial charge in [0.2, 0.25) is 5.69 Å². The highest BCUT2D eigenvalue weighted by atomic mass is 35.5. The van der Waals surface area contributed by atoms with Gasteiger partial charge >= 0.3 is 12.1 Å². The number of aromatic nitrogens is 2. The second kappa shape index (κ2) is 3.91. The number of hydrogen-bond donors (Lipinski definition) is 3. The fourth-order valence-electron chi connectivity index (χ4n) is 1.37. The predicted octanol–water partition coefficient (Wildman–Crippen LogP) is -4.19. The number of imide groups is 2. The maximum atomic E-state index is 11.5. The number of halogens is 1. The van der Waals surface area contributed by atoms with E-state index in [9.17, 15) is 14.4 Å². The molecule has 9 heteroatoms. The molecule has 0 bridgehead atoms. The molecule has 86 valence electrons. The lowest BCUT2D eigenvalue weighted by molar-refractivity contribution is -0.666. The number of H-pyrrole nitrogens is 1. The molecule has 1 aliphatic rings. The molecule has 16 heavy (non-hydrogen) atoms. The molecular weight excluding hydrogens is 240 g/mol. The molecule has 2 heterocycles. The van der Waals surface area contributed by atoms with Gasteiger partial charge in [0.25, 0.3) is 11.7 Å². The summed E-state index contributed by atoms with van der Waals surface area (Å²) in [5, 5.41) is 8.83. The highest BCUT2D eigenvalue weighted by Crippen LogP contribution is 2.11. The summed E-state index contributed by atoms with van der Waals surface area (Å²) in [6.07, 6.45) is -0.206. The van der Waals surface area contributed by atoms with E-state index < -0.39 is 22.9 Å². The Bertz CT molecular complexity index is 471. The number of nitrogens with one attached hydrogen (secondary N) is 2. The van der Waals surface area contributed by atoms with Crippen molar-refractivity contribution >= 4 is 23.8 Å². The Morgan fingerprint density at radius 2 is 2.19 bits per heavy atom. The zero-order valence-electron chi connectivity index (χ0n) is 8.02. The molecule has 1 aromatic heterocycles. The van der Waals surface area contributed by atoms with Crippen molar-refractivity contribution in [1.82, 2.24) is 14.9 Å². The van der Waals surface area contributed by atoms with Crippen LogP contribution in [0.1, 0.15) is 10.5 Å². The molecule has 0 saturated carbocycles. The number of carboxylic acid groups (broad SMARTS) is 1. The van der Waals surface area contributed by atoms with Crippen molar-refractivity contribution in [3.63, 3.8) is 0 Å². The first-order valence-electron chi connectivity index (χ1n) is 4.00. The lowest BCUT2D eigenvalue weighted by Crippen LogP contribution is -3.15. The Labute approximate surface area is 95.3 Å². The van der Waals surface area contributed by atoms with Gasteiger partial charge in [-0.1, -0.05) is 0 Å². The molecule has 0 saturated heterocycles. The summed E-state index contributed by atoms with van der Waals surface area (Å²) < 4.78 is 0. The van der Waals surface area contributed by atoms with Crippen LogP contribution in [0.25, 0.3) is 0 Å². The summed E-state index contributed by atoms with van der Waals surface area (Å²) in [4.78, 5) is 40.2. The summed E-state index contributed by atoms with van der Waals surface area (Å²) in [5.41, 5.74) is -0.0468. The maximum absolute atomic E-state index is 11.5. The largest absolute Gasteiger partial charge is 1.00 e. The van der Waals surface area contributed by atoms with Crippen molar-refractivity contribution in [2.24, 2.45) is 0 Å². The number of amides is 4. The smallest absolute Gasteiger partial charge is 0.527 e. The zero-order valence-corrected chi connectivity index (χ0v) is 8.78. The number of aromatic amines is 1. The number of carbonyl (C=O) groups is 3. The monoisotopic (exact) mass is 246 g/mol. The minimum atomic E-state index is -1.38. The predicted molar refractivity (Wildman–Crippen MR) is 44.7 cm³/mol. The van der Waals surface area contributed by atoms with E-state index in [4.69, 9.17) is 5.11 Å².